The Balaban J connectivity index is 2.00. The Labute approximate surface area is 167 Å². The number of fused-ring (bicyclic) bond motifs is 2. The van der Waals surface area contributed by atoms with Gasteiger partial charge in [-0.3, -0.25) is 9.59 Å². The first-order valence-corrected chi connectivity index (χ1v) is 9.39. The molecular formula is C20H18Cl2N2O3. The Bertz CT molecular complexity index is 933. The van der Waals surface area contributed by atoms with Gasteiger partial charge in [0.15, 0.2) is 0 Å². The van der Waals surface area contributed by atoms with Crippen molar-refractivity contribution < 1.29 is 14.3 Å². The van der Waals surface area contributed by atoms with Crippen LogP contribution in [0.25, 0.3) is 0 Å². The van der Waals surface area contributed by atoms with Crippen LogP contribution in [0, 0.1) is 0 Å². The van der Waals surface area contributed by atoms with Crippen molar-refractivity contribution in [1.82, 2.24) is 5.32 Å². The molecule has 2 aromatic carbocycles. The van der Waals surface area contributed by atoms with Gasteiger partial charge in [-0.2, -0.15) is 0 Å². The molecule has 2 N–H and O–H groups in total. The summed E-state index contributed by atoms with van der Waals surface area (Å²) in [4.78, 5) is 25.9. The third kappa shape index (κ3) is 2.81. The molecule has 1 saturated heterocycles. The van der Waals surface area contributed by atoms with Crippen LogP contribution >= 0.6 is 23.2 Å². The molecule has 1 fully saturated rings. The minimum absolute atomic E-state index is 0.130. The van der Waals surface area contributed by atoms with Gasteiger partial charge in [-0.1, -0.05) is 41.4 Å². The second-order valence-corrected chi connectivity index (χ2v) is 7.73. The van der Waals surface area contributed by atoms with E-state index in [-0.39, 0.29) is 24.8 Å². The average molecular weight is 405 g/mol. The highest BCUT2D eigenvalue weighted by Gasteiger charge is 2.59. The lowest BCUT2D eigenvalue weighted by Crippen LogP contribution is -2.52. The van der Waals surface area contributed by atoms with Gasteiger partial charge in [-0.05, 0) is 35.4 Å². The molecule has 7 heteroatoms. The fourth-order valence-electron chi connectivity index (χ4n) is 4.38. The van der Waals surface area contributed by atoms with E-state index in [1.807, 2.05) is 18.2 Å². The molecule has 140 valence electrons. The summed E-state index contributed by atoms with van der Waals surface area (Å²) in [5.74, 6) is -0.770. The van der Waals surface area contributed by atoms with Crippen LogP contribution in [0.1, 0.15) is 23.5 Å². The number of methoxy groups -OCH3 is 1. The lowest BCUT2D eigenvalue weighted by Gasteiger charge is -2.39. The third-order valence-corrected chi connectivity index (χ3v) is 5.99. The standard InChI is InChI=1S/C20H18Cl2N2O3/c1-27-17-10-23-18(25)9-15(11-3-2-4-12(21)7-11)20(17)14-6-5-13(22)8-16(14)24-19(20)26/h2-8,15,17H,9-10H2,1H3,(H,23,25)(H,24,26)/t15-,17-,20-/m0/s1. The van der Waals surface area contributed by atoms with Gasteiger partial charge in [-0.15, -0.1) is 0 Å². The number of benzene rings is 2. The predicted molar refractivity (Wildman–Crippen MR) is 104 cm³/mol. The first-order chi connectivity index (χ1) is 13.0. The van der Waals surface area contributed by atoms with Gasteiger partial charge in [0.2, 0.25) is 11.8 Å². The van der Waals surface area contributed by atoms with E-state index < -0.39 is 17.4 Å². The number of ether oxygens (including phenoxy) is 1. The van der Waals surface area contributed by atoms with E-state index in [0.717, 1.165) is 11.1 Å². The number of carbonyl (C=O) groups excluding carboxylic acids is 2. The van der Waals surface area contributed by atoms with E-state index in [1.54, 1.807) is 31.4 Å². The smallest absolute Gasteiger partial charge is 0.238 e. The number of amides is 2. The van der Waals surface area contributed by atoms with Crippen molar-refractivity contribution in [2.45, 2.75) is 23.9 Å². The summed E-state index contributed by atoms with van der Waals surface area (Å²) in [6.45, 7) is 0.238. The minimum Gasteiger partial charge on any atom is -0.378 e. The lowest BCUT2D eigenvalue weighted by atomic mass is 9.64. The molecule has 0 radical (unpaired) electrons. The van der Waals surface area contributed by atoms with Crippen molar-refractivity contribution in [1.29, 1.82) is 0 Å². The van der Waals surface area contributed by atoms with Crippen molar-refractivity contribution in [3.63, 3.8) is 0 Å². The number of nitrogens with one attached hydrogen (secondary N) is 2. The molecule has 1 spiro atoms. The van der Waals surface area contributed by atoms with Crippen LogP contribution in [0.5, 0.6) is 0 Å². The monoisotopic (exact) mass is 404 g/mol. The molecule has 2 heterocycles. The first-order valence-electron chi connectivity index (χ1n) is 8.63. The third-order valence-electron chi connectivity index (χ3n) is 5.52. The number of anilines is 1. The fraction of sp³-hybridized carbons (Fsp3) is 0.300. The molecule has 2 amide bonds. The van der Waals surface area contributed by atoms with E-state index in [9.17, 15) is 9.59 Å². The maximum absolute atomic E-state index is 13.4. The van der Waals surface area contributed by atoms with Crippen molar-refractivity contribution in [3.8, 4) is 0 Å². The zero-order chi connectivity index (χ0) is 19.2. The van der Waals surface area contributed by atoms with Gasteiger partial charge < -0.3 is 15.4 Å². The normalized spacial score (nSPS) is 27.1. The Hall–Kier alpha value is -2.08. The van der Waals surface area contributed by atoms with Crippen LogP contribution < -0.4 is 10.6 Å². The number of carbonyl (C=O) groups is 2. The van der Waals surface area contributed by atoms with Crippen molar-refractivity contribution >= 4 is 40.7 Å². The summed E-state index contributed by atoms with van der Waals surface area (Å²) in [6.07, 6.45) is -0.397. The second-order valence-electron chi connectivity index (χ2n) is 6.85. The Kier molecular flexibility index (Phi) is 4.62. The van der Waals surface area contributed by atoms with Crippen LogP contribution in [-0.4, -0.2) is 31.6 Å². The molecule has 0 saturated carbocycles. The lowest BCUT2D eigenvalue weighted by molar-refractivity contribution is -0.127. The van der Waals surface area contributed by atoms with Gasteiger partial charge >= 0.3 is 0 Å². The zero-order valence-electron chi connectivity index (χ0n) is 14.6. The summed E-state index contributed by atoms with van der Waals surface area (Å²) >= 11 is 12.3. The van der Waals surface area contributed by atoms with E-state index in [4.69, 9.17) is 27.9 Å². The summed E-state index contributed by atoms with van der Waals surface area (Å²) in [5.41, 5.74) is 1.18. The van der Waals surface area contributed by atoms with Crippen LogP contribution in [0.2, 0.25) is 10.0 Å². The maximum Gasteiger partial charge on any atom is 0.238 e. The van der Waals surface area contributed by atoms with Crippen molar-refractivity contribution in [3.05, 3.63) is 63.6 Å². The van der Waals surface area contributed by atoms with Crippen LogP contribution in [0.15, 0.2) is 42.5 Å². The molecular weight excluding hydrogens is 387 g/mol. The van der Waals surface area contributed by atoms with E-state index in [2.05, 4.69) is 10.6 Å². The van der Waals surface area contributed by atoms with Gasteiger partial charge in [0.1, 0.15) is 5.41 Å². The van der Waals surface area contributed by atoms with Gasteiger partial charge in [0.05, 0.1) is 6.10 Å². The molecule has 5 nitrogen and oxygen atoms in total. The van der Waals surface area contributed by atoms with E-state index >= 15 is 0 Å². The average Bonchev–Trinajstić information content (AvgIpc) is 2.81. The molecule has 2 aromatic rings. The minimum atomic E-state index is -1.07. The zero-order valence-corrected chi connectivity index (χ0v) is 16.1. The molecule has 0 bridgehead atoms. The molecule has 2 aliphatic rings. The summed E-state index contributed by atoms with van der Waals surface area (Å²) in [6, 6.07) is 12.6. The fourth-order valence-corrected chi connectivity index (χ4v) is 4.75. The topological polar surface area (TPSA) is 67.4 Å². The van der Waals surface area contributed by atoms with E-state index in [0.29, 0.717) is 15.7 Å². The predicted octanol–water partition coefficient (Wildman–Crippen LogP) is 3.50. The molecule has 0 unspecified atom stereocenters. The van der Waals surface area contributed by atoms with Crippen molar-refractivity contribution in [2.24, 2.45) is 0 Å². The van der Waals surface area contributed by atoms with Crippen LogP contribution in [-0.2, 0) is 19.7 Å². The van der Waals surface area contributed by atoms with Crippen LogP contribution in [0.4, 0.5) is 5.69 Å². The number of rotatable bonds is 2. The van der Waals surface area contributed by atoms with Gasteiger partial charge in [0, 0.05) is 41.7 Å². The first kappa shape index (κ1) is 18.3. The Morgan fingerprint density at radius 3 is 2.63 bits per heavy atom. The molecule has 0 aromatic heterocycles. The molecule has 3 atom stereocenters. The highest BCUT2D eigenvalue weighted by molar-refractivity contribution is 6.31. The highest BCUT2D eigenvalue weighted by Crippen LogP contribution is 2.53. The van der Waals surface area contributed by atoms with Gasteiger partial charge in [-0.25, -0.2) is 0 Å². The molecule has 0 aliphatic carbocycles. The molecule has 27 heavy (non-hydrogen) atoms. The summed E-state index contributed by atoms with van der Waals surface area (Å²) in [7, 11) is 1.56. The highest BCUT2D eigenvalue weighted by atomic mass is 35.5. The SMILES string of the molecule is CO[C@H]1CNC(=O)C[C@@H](c2cccc(Cl)c2)[C@]12C(=O)Nc1cc(Cl)ccc12. The summed E-state index contributed by atoms with van der Waals surface area (Å²) < 4.78 is 5.76. The number of hydrogen-bond donors (Lipinski definition) is 2. The summed E-state index contributed by atoms with van der Waals surface area (Å²) in [5, 5.41) is 6.90. The second kappa shape index (κ2) is 6.82. The van der Waals surface area contributed by atoms with Crippen LogP contribution in [0.3, 0.4) is 0 Å². The number of halogens is 2. The number of hydrogen-bond acceptors (Lipinski definition) is 3. The van der Waals surface area contributed by atoms with Crippen molar-refractivity contribution in [2.75, 3.05) is 19.0 Å². The Morgan fingerprint density at radius 2 is 1.89 bits per heavy atom. The molecule has 2 aliphatic heterocycles. The van der Waals surface area contributed by atoms with Gasteiger partial charge in [0.25, 0.3) is 0 Å². The largest absolute Gasteiger partial charge is 0.378 e. The molecule has 4 rings (SSSR count). The quantitative estimate of drug-likeness (QED) is 0.804. The Morgan fingerprint density at radius 1 is 1.11 bits per heavy atom. The maximum atomic E-state index is 13.4. The van der Waals surface area contributed by atoms with E-state index in [1.165, 1.54) is 0 Å².